The summed E-state index contributed by atoms with van der Waals surface area (Å²) in [5.41, 5.74) is 1.65. The first kappa shape index (κ1) is 17.8. The van der Waals surface area contributed by atoms with Gasteiger partial charge < -0.3 is 10.6 Å². The Morgan fingerprint density at radius 3 is 2.73 bits per heavy atom. The Labute approximate surface area is 154 Å². The van der Waals surface area contributed by atoms with Crippen molar-refractivity contribution in [3.63, 3.8) is 0 Å². The summed E-state index contributed by atoms with van der Waals surface area (Å²) in [6.07, 6.45) is 5.38. The molecule has 1 aromatic carbocycles. The van der Waals surface area contributed by atoms with Crippen molar-refractivity contribution in [3.05, 3.63) is 77.2 Å². The lowest BCUT2D eigenvalue weighted by molar-refractivity contribution is 0.102. The van der Waals surface area contributed by atoms with Crippen LogP contribution in [-0.2, 0) is 0 Å². The number of hydrogen-bond acceptors (Lipinski definition) is 5. The smallest absolute Gasteiger partial charge is 0.257 e. The van der Waals surface area contributed by atoms with Crippen molar-refractivity contribution in [2.75, 3.05) is 10.6 Å². The van der Waals surface area contributed by atoms with Crippen LogP contribution in [0.15, 0.2) is 55.1 Å². The maximum absolute atomic E-state index is 13.2. The number of rotatable bonds is 5. The van der Waals surface area contributed by atoms with Crippen LogP contribution in [-0.4, -0.2) is 20.9 Å². The first-order chi connectivity index (χ1) is 12.5. The van der Waals surface area contributed by atoms with Crippen LogP contribution in [0.2, 0.25) is 5.15 Å². The van der Waals surface area contributed by atoms with E-state index in [0.29, 0.717) is 16.7 Å². The summed E-state index contributed by atoms with van der Waals surface area (Å²) >= 11 is 5.83. The molecule has 0 radical (unpaired) electrons. The molecule has 132 valence electrons. The molecule has 2 N–H and O–H groups in total. The summed E-state index contributed by atoms with van der Waals surface area (Å²) in [4.78, 5) is 24.0. The van der Waals surface area contributed by atoms with Gasteiger partial charge in [-0.05, 0) is 30.7 Å². The Bertz CT molecular complexity index is 937. The van der Waals surface area contributed by atoms with Gasteiger partial charge in [0.1, 0.15) is 16.8 Å². The van der Waals surface area contributed by atoms with Gasteiger partial charge in [-0.25, -0.2) is 9.37 Å². The van der Waals surface area contributed by atoms with E-state index in [1.54, 1.807) is 12.3 Å². The van der Waals surface area contributed by atoms with Gasteiger partial charge in [-0.15, -0.1) is 0 Å². The number of carbonyl (C=O) groups excluding carboxylic acids is 1. The number of amides is 1. The highest BCUT2D eigenvalue weighted by molar-refractivity contribution is 6.29. The molecule has 0 aliphatic heterocycles. The minimum Gasteiger partial charge on any atom is -0.362 e. The SMILES string of the molecule is C[C@H](Nc1cncc(Cl)n1)c1cccc(NC(=O)c2cncc(F)c2)c1. The van der Waals surface area contributed by atoms with E-state index in [4.69, 9.17) is 11.6 Å². The van der Waals surface area contributed by atoms with Crippen molar-refractivity contribution in [1.82, 2.24) is 15.0 Å². The zero-order chi connectivity index (χ0) is 18.5. The number of anilines is 2. The number of nitrogens with one attached hydrogen (secondary N) is 2. The minimum atomic E-state index is -0.563. The molecule has 0 fully saturated rings. The quantitative estimate of drug-likeness (QED) is 0.706. The molecule has 3 rings (SSSR count). The van der Waals surface area contributed by atoms with Crippen LogP contribution < -0.4 is 10.6 Å². The molecule has 8 heteroatoms. The van der Waals surface area contributed by atoms with E-state index < -0.39 is 11.7 Å². The van der Waals surface area contributed by atoms with Crippen molar-refractivity contribution in [1.29, 1.82) is 0 Å². The van der Waals surface area contributed by atoms with Crippen molar-refractivity contribution < 1.29 is 9.18 Å². The Balaban J connectivity index is 1.72. The molecule has 26 heavy (non-hydrogen) atoms. The summed E-state index contributed by atoms with van der Waals surface area (Å²) in [5, 5.41) is 6.22. The summed E-state index contributed by atoms with van der Waals surface area (Å²) < 4.78 is 13.2. The van der Waals surface area contributed by atoms with Crippen LogP contribution in [0.1, 0.15) is 28.9 Å². The van der Waals surface area contributed by atoms with E-state index in [-0.39, 0.29) is 11.6 Å². The fourth-order valence-corrected chi connectivity index (χ4v) is 2.49. The third-order valence-electron chi connectivity index (χ3n) is 3.58. The van der Waals surface area contributed by atoms with Gasteiger partial charge in [0, 0.05) is 11.9 Å². The molecule has 2 aromatic heterocycles. The number of benzene rings is 1. The molecule has 1 atom stereocenters. The van der Waals surface area contributed by atoms with E-state index in [0.717, 1.165) is 17.8 Å². The van der Waals surface area contributed by atoms with Crippen LogP contribution in [0.25, 0.3) is 0 Å². The molecule has 0 bridgehead atoms. The molecule has 1 amide bonds. The molecular weight excluding hydrogens is 357 g/mol. The van der Waals surface area contributed by atoms with E-state index in [1.165, 1.54) is 12.4 Å². The zero-order valence-electron chi connectivity index (χ0n) is 13.8. The molecular formula is C18H15ClFN5O. The second-order valence-corrected chi connectivity index (χ2v) is 5.95. The maximum Gasteiger partial charge on any atom is 0.257 e. The topological polar surface area (TPSA) is 79.8 Å². The van der Waals surface area contributed by atoms with E-state index in [2.05, 4.69) is 25.6 Å². The third-order valence-corrected chi connectivity index (χ3v) is 3.76. The molecule has 0 unspecified atom stereocenters. The average Bonchev–Trinajstić information content (AvgIpc) is 2.62. The van der Waals surface area contributed by atoms with E-state index >= 15 is 0 Å². The van der Waals surface area contributed by atoms with Crippen molar-refractivity contribution in [2.45, 2.75) is 13.0 Å². The van der Waals surface area contributed by atoms with Crippen LogP contribution in [0.4, 0.5) is 15.9 Å². The molecule has 0 spiro atoms. The van der Waals surface area contributed by atoms with Gasteiger partial charge in [0.15, 0.2) is 0 Å². The fourth-order valence-electron chi connectivity index (χ4n) is 2.34. The van der Waals surface area contributed by atoms with Gasteiger partial charge in [-0.1, -0.05) is 23.7 Å². The summed E-state index contributed by atoms with van der Waals surface area (Å²) in [7, 11) is 0. The third kappa shape index (κ3) is 4.52. The molecule has 0 saturated heterocycles. The van der Waals surface area contributed by atoms with Gasteiger partial charge in [0.2, 0.25) is 0 Å². The van der Waals surface area contributed by atoms with Crippen LogP contribution in [0.3, 0.4) is 0 Å². The molecule has 0 aliphatic rings. The van der Waals surface area contributed by atoms with Gasteiger partial charge >= 0.3 is 0 Å². The first-order valence-corrected chi connectivity index (χ1v) is 8.15. The van der Waals surface area contributed by atoms with Crippen LogP contribution >= 0.6 is 11.6 Å². The molecule has 0 saturated carbocycles. The minimum absolute atomic E-state index is 0.101. The summed E-state index contributed by atoms with van der Waals surface area (Å²) in [6.45, 7) is 1.94. The van der Waals surface area contributed by atoms with Crippen LogP contribution in [0, 0.1) is 5.82 Å². The van der Waals surface area contributed by atoms with Gasteiger partial charge in [-0.3, -0.25) is 14.8 Å². The lowest BCUT2D eigenvalue weighted by Crippen LogP contribution is -2.13. The average molecular weight is 372 g/mol. The fraction of sp³-hybridized carbons (Fsp3) is 0.111. The standard InChI is InChI=1S/C18H15ClFN5O/c1-11(23-17-10-22-9-16(19)25-17)12-3-2-4-15(6-12)24-18(26)13-5-14(20)8-21-7-13/h2-11H,1H3,(H,23,25)(H,24,26)/t11-/m0/s1. The zero-order valence-corrected chi connectivity index (χ0v) is 14.5. The largest absolute Gasteiger partial charge is 0.362 e. The van der Waals surface area contributed by atoms with E-state index in [1.807, 2.05) is 25.1 Å². The Morgan fingerprint density at radius 2 is 1.96 bits per heavy atom. The summed E-state index contributed by atoms with van der Waals surface area (Å²) in [6, 6.07) is 8.33. The Hall–Kier alpha value is -3.06. The van der Waals surface area contributed by atoms with Crippen molar-refractivity contribution in [2.24, 2.45) is 0 Å². The Kier molecular flexibility index (Phi) is 5.38. The summed E-state index contributed by atoms with van der Waals surface area (Å²) in [5.74, 6) is -0.451. The van der Waals surface area contributed by atoms with Gasteiger partial charge in [0.05, 0.1) is 30.2 Å². The van der Waals surface area contributed by atoms with Crippen molar-refractivity contribution in [3.8, 4) is 0 Å². The molecule has 6 nitrogen and oxygen atoms in total. The highest BCUT2D eigenvalue weighted by atomic mass is 35.5. The monoisotopic (exact) mass is 371 g/mol. The van der Waals surface area contributed by atoms with Gasteiger partial charge in [-0.2, -0.15) is 0 Å². The number of nitrogens with zero attached hydrogens (tertiary/aromatic N) is 3. The van der Waals surface area contributed by atoms with E-state index in [9.17, 15) is 9.18 Å². The molecule has 2 heterocycles. The highest BCUT2D eigenvalue weighted by Gasteiger charge is 2.11. The lowest BCUT2D eigenvalue weighted by Gasteiger charge is -2.16. The normalized spacial score (nSPS) is 11.7. The first-order valence-electron chi connectivity index (χ1n) is 7.77. The number of aromatic nitrogens is 3. The number of halogens is 2. The highest BCUT2D eigenvalue weighted by Crippen LogP contribution is 2.21. The second-order valence-electron chi connectivity index (χ2n) is 5.56. The molecule has 3 aromatic rings. The van der Waals surface area contributed by atoms with Gasteiger partial charge in [0.25, 0.3) is 5.91 Å². The second kappa shape index (κ2) is 7.88. The number of carbonyl (C=O) groups is 1. The predicted molar refractivity (Wildman–Crippen MR) is 97.7 cm³/mol. The molecule has 0 aliphatic carbocycles. The lowest BCUT2D eigenvalue weighted by atomic mass is 10.1. The Morgan fingerprint density at radius 1 is 1.15 bits per heavy atom. The van der Waals surface area contributed by atoms with Crippen LogP contribution in [0.5, 0.6) is 0 Å². The van der Waals surface area contributed by atoms with Crippen molar-refractivity contribution >= 4 is 29.0 Å². The maximum atomic E-state index is 13.2. The number of pyridine rings is 1. The predicted octanol–water partition coefficient (Wildman–Crippen LogP) is 4.09. The number of hydrogen-bond donors (Lipinski definition) is 2.